The smallest absolute Gasteiger partial charge is 0.131 e. The molecule has 5 rings (SSSR count). The van der Waals surface area contributed by atoms with Crippen LogP contribution in [-0.4, -0.2) is 39.7 Å². The summed E-state index contributed by atoms with van der Waals surface area (Å²) in [6.45, 7) is 6.58. The van der Waals surface area contributed by atoms with Gasteiger partial charge in [-0.05, 0) is 80.1 Å². The van der Waals surface area contributed by atoms with E-state index in [1.165, 1.54) is 0 Å². The molecule has 2 aliphatic heterocycles. The number of likely N-dealkylation sites (tertiary alicyclic amines) is 1. The van der Waals surface area contributed by atoms with E-state index in [1.54, 1.807) is 20.0 Å². The highest BCUT2D eigenvalue weighted by Gasteiger charge is 2.33. The van der Waals surface area contributed by atoms with Crippen LogP contribution in [0.3, 0.4) is 0 Å². The molecule has 0 saturated carbocycles. The van der Waals surface area contributed by atoms with Crippen LogP contribution in [0.15, 0.2) is 66.9 Å². The Morgan fingerprint density at radius 2 is 1.83 bits per heavy atom. The fraction of sp³-hybridized carbons (Fsp3) is 0.367. The number of benzene rings is 2. The molecule has 2 aliphatic rings. The van der Waals surface area contributed by atoms with Crippen molar-refractivity contribution in [3.63, 3.8) is 0 Å². The zero-order chi connectivity index (χ0) is 25.3. The highest BCUT2D eigenvalue weighted by Crippen LogP contribution is 2.39. The molecule has 0 amide bonds. The molecule has 0 atom stereocenters. The van der Waals surface area contributed by atoms with E-state index in [-0.39, 0.29) is 0 Å². The van der Waals surface area contributed by atoms with Gasteiger partial charge in [-0.1, -0.05) is 41.9 Å². The van der Waals surface area contributed by atoms with Gasteiger partial charge < -0.3 is 19.8 Å². The van der Waals surface area contributed by atoms with Crippen molar-refractivity contribution in [3.05, 3.63) is 99.8 Å². The number of hydrogen-bond acceptors (Lipinski definition) is 5. The summed E-state index contributed by atoms with van der Waals surface area (Å²) in [6, 6.07) is 17.5. The summed E-state index contributed by atoms with van der Waals surface area (Å²) in [4.78, 5) is 6.98. The van der Waals surface area contributed by atoms with Gasteiger partial charge in [-0.25, -0.2) is 0 Å². The van der Waals surface area contributed by atoms with Crippen molar-refractivity contribution in [2.45, 2.75) is 50.9 Å². The van der Waals surface area contributed by atoms with Crippen molar-refractivity contribution in [1.29, 1.82) is 0 Å². The summed E-state index contributed by atoms with van der Waals surface area (Å²) in [5.41, 5.74) is 4.10. The lowest BCUT2D eigenvalue weighted by atomic mass is 9.84. The molecule has 2 N–H and O–H groups in total. The Hall–Kier alpha value is -2.70. The monoisotopic (exact) mass is 504 g/mol. The van der Waals surface area contributed by atoms with E-state index in [2.05, 4.69) is 22.0 Å². The van der Waals surface area contributed by atoms with E-state index in [9.17, 15) is 10.2 Å². The number of piperidine rings is 1. The summed E-state index contributed by atoms with van der Waals surface area (Å²) in [7, 11) is 0. The van der Waals surface area contributed by atoms with E-state index in [0.29, 0.717) is 24.5 Å². The first-order chi connectivity index (χ1) is 17.2. The van der Waals surface area contributed by atoms with Crippen LogP contribution >= 0.6 is 11.6 Å². The molecular weight excluding hydrogens is 472 g/mol. The van der Waals surface area contributed by atoms with Gasteiger partial charge in [0.2, 0.25) is 0 Å². The number of nitrogens with zero attached hydrogens (tertiary/aromatic N) is 2. The van der Waals surface area contributed by atoms with Crippen LogP contribution in [-0.2, 0) is 17.8 Å². The van der Waals surface area contributed by atoms with Crippen LogP contribution in [0.25, 0.3) is 5.57 Å². The minimum Gasteiger partial charge on any atom is -0.487 e. The first-order valence-electron chi connectivity index (χ1n) is 12.6. The highest BCUT2D eigenvalue weighted by atomic mass is 35.5. The number of aliphatic hydroxyl groups is 2. The Labute approximate surface area is 218 Å². The van der Waals surface area contributed by atoms with Crippen molar-refractivity contribution < 1.29 is 14.9 Å². The molecule has 0 aliphatic carbocycles. The van der Waals surface area contributed by atoms with Crippen LogP contribution < -0.4 is 4.74 Å². The van der Waals surface area contributed by atoms with Crippen molar-refractivity contribution >= 4 is 17.2 Å². The lowest BCUT2D eigenvalue weighted by Gasteiger charge is -2.38. The average molecular weight is 505 g/mol. The predicted octanol–water partition coefficient (Wildman–Crippen LogP) is 5.66. The highest BCUT2D eigenvalue weighted by molar-refractivity contribution is 6.30. The van der Waals surface area contributed by atoms with Crippen LogP contribution in [0.2, 0.25) is 5.02 Å². The maximum absolute atomic E-state index is 11.2. The summed E-state index contributed by atoms with van der Waals surface area (Å²) < 4.78 is 6.11. The number of pyridine rings is 1. The van der Waals surface area contributed by atoms with Gasteiger partial charge in [-0.3, -0.25) is 4.98 Å². The Bertz CT molecular complexity index is 1260. The Kier molecular flexibility index (Phi) is 6.92. The van der Waals surface area contributed by atoms with E-state index in [4.69, 9.17) is 16.3 Å². The van der Waals surface area contributed by atoms with Gasteiger partial charge in [0.15, 0.2) is 0 Å². The van der Waals surface area contributed by atoms with Crippen molar-refractivity contribution in [3.8, 4) is 5.75 Å². The van der Waals surface area contributed by atoms with Gasteiger partial charge in [0.25, 0.3) is 0 Å². The summed E-state index contributed by atoms with van der Waals surface area (Å²) in [5.74, 6) is 0.804. The molecule has 1 aromatic heterocycles. The number of fused-ring (bicyclic) bond motifs is 2. The predicted molar refractivity (Wildman–Crippen MR) is 143 cm³/mol. The maximum atomic E-state index is 11.2. The number of hydrogen-bond donors (Lipinski definition) is 2. The van der Waals surface area contributed by atoms with Crippen LogP contribution in [0.1, 0.15) is 61.1 Å². The largest absolute Gasteiger partial charge is 0.487 e. The second-order valence-corrected chi connectivity index (χ2v) is 10.8. The Morgan fingerprint density at radius 1 is 1.08 bits per heavy atom. The first kappa shape index (κ1) is 25.0. The zero-order valence-corrected chi connectivity index (χ0v) is 21.6. The second-order valence-electron chi connectivity index (χ2n) is 10.3. The Morgan fingerprint density at radius 3 is 2.56 bits per heavy atom. The standard InChI is InChI=1S/C30H33ClN2O3/c1-29(2,34)22-9-12-28-26(19-22)24(25-5-3-15-32-27(25)20-36-28)6-4-16-33-17-13-30(35,14-18-33)21-7-10-23(31)11-8-21/h3,5-12,15,19,34-35H,4,13-14,16-18,20H2,1-2H3/b24-6+. The van der Waals surface area contributed by atoms with Crippen molar-refractivity contribution in [1.82, 2.24) is 9.88 Å². The Balaban J connectivity index is 1.34. The molecule has 36 heavy (non-hydrogen) atoms. The SMILES string of the molecule is CC(C)(O)c1ccc2c(c1)/C(=C/CCN1CCC(O)(c3ccc(Cl)cc3)CC1)c1cccnc1CO2. The van der Waals surface area contributed by atoms with Crippen molar-refractivity contribution in [2.24, 2.45) is 0 Å². The van der Waals surface area contributed by atoms with Gasteiger partial charge >= 0.3 is 0 Å². The van der Waals surface area contributed by atoms with Crippen molar-refractivity contribution in [2.75, 3.05) is 19.6 Å². The third kappa shape index (κ3) is 5.21. The fourth-order valence-electron chi connectivity index (χ4n) is 5.14. The summed E-state index contributed by atoms with van der Waals surface area (Å²) >= 11 is 6.03. The molecule has 0 bridgehead atoms. The number of halogens is 1. The minimum atomic E-state index is -0.946. The molecule has 1 saturated heterocycles. The van der Waals surface area contributed by atoms with Gasteiger partial charge in [-0.15, -0.1) is 0 Å². The van der Waals surface area contributed by atoms with Gasteiger partial charge in [0.1, 0.15) is 12.4 Å². The fourth-order valence-corrected chi connectivity index (χ4v) is 5.27. The number of rotatable bonds is 5. The van der Waals surface area contributed by atoms with Gasteiger partial charge in [0.05, 0.1) is 16.9 Å². The van der Waals surface area contributed by atoms with Crippen LogP contribution in [0, 0.1) is 0 Å². The minimum absolute atomic E-state index is 0.414. The molecule has 5 nitrogen and oxygen atoms in total. The quantitative estimate of drug-likeness (QED) is 0.469. The summed E-state index contributed by atoms with van der Waals surface area (Å²) in [5, 5.41) is 22.5. The normalized spacial score (nSPS) is 18.8. The number of ether oxygens (including phenoxy) is 1. The topological polar surface area (TPSA) is 65.8 Å². The maximum Gasteiger partial charge on any atom is 0.131 e. The first-order valence-corrected chi connectivity index (χ1v) is 13.0. The zero-order valence-electron chi connectivity index (χ0n) is 20.9. The summed E-state index contributed by atoms with van der Waals surface area (Å²) in [6.07, 6.45) is 6.32. The lowest BCUT2D eigenvalue weighted by molar-refractivity contribution is -0.0254. The molecule has 1 fully saturated rings. The molecule has 3 aromatic rings. The average Bonchev–Trinajstić information content (AvgIpc) is 3.02. The molecular formula is C30H33ClN2O3. The molecule has 188 valence electrons. The van der Waals surface area contributed by atoms with Crippen LogP contribution in [0.5, 0.6) is 5.75 Å². The van der Waals surface area contributed by atoms with Gasteiger partial charge in [-0.2, -0.15) is 0 Å². The molecule has 3 heterocycles. The molecule has 0 unspecified atom stereocenters. The third-order valence-electron chi connectivity index (χ3n) is 7.38. The molecule has 0 radical (unpaired) electrons. The molecule has 6 heteroatoms. The number of aromatic nitrogens is 1. The lowest BCUT2D eigenvalue weighted by Crippen LogP contribution is -2.42. The molecule has 0 spiro atoms. The second kappa shape index (κ2) is 9.98. The van der Waals surface area contributed by atoms with E-state index in [0.717, 1.165) is 65.3 Å². The van der Waals surface area contributed by atoms with E-state index in [1.807, 2.05) is 48.5 Å². The van der Waals surface area contributed by atoms with Gasteiger partial charge in [0, 0.05) is 42.0 Å². The van der Waals surface area contributed by atoms with E-state index < -0.39 is 11.2 Å². The van der Waals surface area contributed by atoms with Crippen LogP contribution in [0.4, 0.5) is 0 Å². The van der Waals surface area contributed by atoms with E-state index >= 15 is 0 Å². The molecule has 2 aromatic carbocycles. The third-order valence-corrected chi connectivity index (χ3v) is 7.63.